The molecule has 2 aromatic heterocycles. The van der Waals surface area contributed by atoms with Crippen molar-refractivity contribution < 1.29 is 22.7 Å². The van der Waals surface area contributed by atoms with Gasteiger partial charge in [0.05, 0.1) is 5.56 Å². The van der Waals surface area contributed by atoms with Gasteiger partial charge >= 0.3 is 11.3 Å². The standard InChI is InChI=1S/C30H28F3N5O3/c1-5-19-10-7-9-17(3)26(19)37-29-20(15-23(33)27(38(29)41)25-21(31)11-8-12-22(25)32)28(34-30(37)40)36-14-13-35(16-18(36)4)24(39)6-2/h6-12,15,18H,2,5,13-14,16H2,1,3-4H3/t18-/m0/s1. The van der Waals surface area contributed by atoms with Gasteiger partial charge in [-0.25, -0.2) is 22.7 Å². The number of pyridine rings is 1. The fraction of sp³-hybridized carbons (Fsp3) is 0.267. The van der Waals surface area contributed by atoms with Crippen molar-refractivity contribution in [3.8, 4) is 16.9 Å². The summed E-state index contributed by atoms with van der Waals surface area (Å²) in [5, 5.41) is 14.1. The third-order valence-corrected chi connectivity index (χ3v) is 7.49. The van der Waals surface area contributed by atoms with E-state index in [2.05, 4.69) is 11.6 Å². The van der Waals surface area contributed by atoms with Crippen LogP contribution in [-0.2, 0) is 11.2 Å². The van der Waals surface area contributed by atoms with Crippen molar-refractivity contribution in [3.63, 3.8) is 0 Å². The van der Waals surface area contributed by atoms with E-state index in [-0.39, 0.29) is 53.2 Å². The van der Waals surface area contributed by atoms with Crippen molar-refractivity contribution in [1.29, 1.82) is 0 Å². The van der Waals surface area contributed by atoms with E-state index in [1.165, 1.54) is 6.08 Å². The average molecular weight is 564 g/mol. The fourth-order valence-corrected chi connectivity index (χ4v) is 5.53. The summed E-state index contributed by atoms with van der Waals surface area (Å²) in [6.45, 7) is 9.75. The number of carbonyl (C=O) groups is 1. The minimum absolute atomic E-state index is 0.0155. The highest BCUT2D eigenvalue weighted by Crippen LogP contribution is 2.33. The molecule has 212 valence electrons. The van der Waals surface area contributed by atoms with E-state index in [9.17, 15) is 23.6 Å². The summed E-state index contributed by atoms with van der Waals surface area (Å²) in [4.78, 5) is 33.6. The molecule has 3 heterocycles. The van der Waals surface area contributed by atoms with Crippen LogP contribution in [0.3, 0.4) is 0 Å². The molecule has 1 fully saturated rings. The van der Waals surface area contributed by atoms with Crippen LogP contribution in [0.5, 0.6) is 0 Å². The van der Waals surface area contributed by atoms with E-state index in [1.54, 1.807) is 28.9 Å². The predicted molar refractivity (Wildman–Crippen MR) is 149 cm³/mol. The zero-order valence-electron chi connectivity index (χ0n) is 22.8. The molecule has 0 radical (unpaired) electrons. The number of anilines is 1. The van der Waals surface area contributed by atoms with Crippen LogP contribution in [-0.4, -0.2) is 46.0 Å². The van der Waals surface area contributed by atoms with E-state index in [4.69, 9.17) is 0 Å². The van der Waals surface area contributed by atoms with Crippen molar-refractivity contribution in [1.82, 2.24) is 14.5 Å². The highest BCUT2D eigenvalue weighted by molar-refractivity contribution is 5.89. The van der Waals surface area contributed by atoms with Crippen molar-refractivity contribution in [2.24, 2.45) is 0 Å². The third-order valence-electron chi connectivity index (χ3n) is 7.49. The monoisotopic (exact) mass is 563 g/mol. The van der Waals surface area contributed by atoms with Gasteiger partial charge in [-0.3, -0.25) is 4.79 Å². The number of rotatable bonds is 5. The van der Waals surface area contributed by atoms with Crippen LogP contribution in [0.2, 0.25) is 0 Å². The van der Waals surface area contributed by atoms with Crippen LogP contribution >= 0.6 is 0 Å². The summed E-state index contributed by atoms with van der Waals surface area (Å²) in [6.07, 6.45) is 1.71. The lowest BCUT2D eigenvalue weighted by Crippen LogP contribution is -2.54. The van der Waals surface area contributed by atoms with Crippen LogP contribution in [0.25, 0.3) is 28.0 Å². The van der Waals surface area contributed by atoms with Crippen LogP contribution in [0.1, 0.15) is 25.0 Å². The van der Waals surface area contributed by atoms with Crippen molar-refractivity contribution in [2.75, 3.05) is 24.5 Å². The second-order valence-corrected chi connectivity index (χ2v) is 9.99. The molecular formula is C30H28F3N5O3. The number of aryl methyl sites for hydroxylation is 2. The summed E-state index contributed by atoms with van der Waals surface area (Å²) in [5.74, 6) is -3.65. The molecule has 0 N–H and O–H groups in total. The fourth-order valence-electron chi connectivity index (χ4n) is 5.53. The van der Waals surface area contributed by atoms with Gasteiger partial charge in [-0.1, -0.05) is 37.8 Å². The Hall–Kier alpha value is -4.67. The number of amides is 1. The number of para-hydroxylation sites is 1. The first-order valence-electron chi connectivity index (χ1n) is 13.2. The molecule has 1 aliphatic heterocycles. The Kier molecular flexibility index (Phi) is 7.29. The Bertz CT molecular complexity index is 1750. The van der Waals surface area contributed by atoms with Gasteiger partial charge in [-0.2, -0.15) is 4.98 Å². The second-order valence-electron chi connectivity index (χ2n) is 9.99. The Labute approximate surface area is 234 Å². The first kappa shape index (κ1) is 27.9. The van der Waals surface area contributed by atoms with E-state index in [1.807, 2.05) is 19.9 Å². The quantitative estimate of drug-likeness (QED) is 0.207. The van der Waals surface area contributed by atoms with Gasteiger partial charge in [-0.05, 0) is 55.7 Å². The molecule has 0 saturated carbocycles. The highest BCUT2D eigenvalue weighted by atomic mass is 19.1. The molecule has 11 heteroatoms. The minimum atomic E-state index is -1.18. The molecule has 0 bridgehead atoms. The Morgan fingerprint density at radius 2 is 1.83 bits per heavy atom. The normalized spacial score (nSPS) is 15.4. The number of fused-ring (bicyclic) bond motifs is 1. The van der Waals surface area contributed by atoms with E-state index >= 15 is 4.39 Å². The molecule has 1 amide bonds. The summed E-state index contributed by atoms with van der Waals surface area (Å²) in [7, 11) is 0. The second kappa shape index (κ2) is 10.7. The van der Waals surface area contributed by atoms with Gasteiger partial charge in [0.15, 0.2) is 17.3 Å². The molecule has 1 saturated heterocycles. The molecule has 2 aromatic carbocycles. The lowest BCUT2D eigenvalue weighted by molar-refractivity contribution is -0.569. The number of benzene rings is 2. The van der Waals surface area contributed by atoms with Gasteiger partial charge in [0.2, 0.25) is 5.91 Å². The first-order chi connectivity index (χ1) is 19.6. The maximum Gasteiger partial charge on any atom is 0.442 e. The van der Waals surface area contributed by atoms with Crippen molar-refractivity contribution >= 4 is 22.8 Å². The van der Waals surface area contributed by atoms with E-state index in [0.29, 0.717) is 17.7 Å². The lowest BCUT2D eigenvalue weighted by atomic mass is 10.0. The smallest absolute Gasteiger partial charge is 0.442 e. The minimum Gasteiger partial charge on any atom is -0.710 e. The predicted octanol–water partition coefficient (Wildman–Crippen LogP) is 4.20. The van der Waals surface area contributed by atoms with Crippen LogP contribution in [0, 0.1) is 29.6 Å². The molecule has 1 aliphatic rings. The van der Waals surface area contributed by atoms with Gasteiger partial charge in [0, 0.05) is 25.7 Å². The van der Waals surface area contributed by atoms with Gasteiger partial charge in [0.25, 0.3) is 0 Å². The molecule has 5 rings (SSSR count). The van der Waals surface area contributed by atoms with E-state index in [0.717, 1.165) is 34.4 Å². The van der Waals surface area contributed by atoms with Gasteiger partial charge in [-0.15, -0.1) is 4.57 Å². The first-order valence-corrected chi connectivity index (χ1v) is 13.2. The lowest BCUT2D eigenvalue weighted by Gasteiger charge is -2.40. The molecule has 0 unspecified atom stereocenters. The van der Waals surface area contributed by atoms with E-state index < -0.39 is 34.4 Å². The number of piperazine rings is 1. The van der Waals surface area contributed by atoms with Crippen molar-refractivity contribution in [3.05, 3.63) is 99.4 Å². The molecular weight excluding hydrogens is 535 g/mol. The van der Waals surface area contributed by atoms with Gasteiger partial charge in [0.1, 0.15) is 22.7 Å². The molecule has 8 nitrogen and oxygen atoms in total. The summed E-state index contributed by atoms with van der Waals surface area (Å²) >= 11 is 0. The zero-order valence-corrected chi connectivity index (χ0v) is 22.8. The van der Waals surface area contributed by atoms with Crippen LogP contribution in [0.15, 0.2) is 59.9 Å². The largest absolute Gasteiger partial charge is 0.710 e. The molecule has 0 spiro atoms. The zero-order chi connectivity index (χ0) is 29.6. The van der Waals surface area contributed by atoms with Gasteiger partial charge < -0.3 is 15.0 Å². The summed E-state index contributed by atoms with van der Waals surface area (Å²) in [5.41, 5.74) is -1.12. The number of hydrogen-bond acceptors (Lipinski definition) is 5. The van der Waals surface area contributed by atoms with Crippen LogP contribution in [0.4, 0.5) is 19.0 Å². The number of carbonyl (C=O) groups excluding carboxylic acids is 1. The molecule has 0 aliphatic carbocycles. The number of aromatic nitrogens is 3. The summed E-state index contributed by atoms with van der Waals surface area (Å²) < 4.78 is 46.6. The molecule has 41 heavy (non-hydrogen) atoms. The third kappa shape index (κ3) is 4.60. The Morgan fingerprint density at radius 1 is 1.15 bits per heavy atom. The Balaban J connectivity index is 1.87. The molecule has 4 aromatic rings. The number of halogens is 3. The van der Waals surface area contributed by atoms with Crippen LogP contribution < -0.4 is 15.3 Å². The topological polar surface area (TPSA) is 85.4 Å². The number of hydrogen-bond donors (Lipinski definition) is 0. The maximum atomic E-state index is 15.8. The summed E-state index contributed by atoms with van der Waals surface area (Å²) in [6, 6.07) is 8.95. The highest BCUT2D eigenvalue weighted by Gasteiger charge is 2.34. The number of nitrogens with zero attached hydrogens (tertiary/aromatic N) is 5. The average Bonchev–Trinajstić information content (AvgIpc) is 2.94. The Morgan fingerprint density at radius 3 is 2.46 bits per heavy atom. The molecule has 1 atom stereocenters. The van der Waals surface area contributed by atoms with Crippen molar-refractivity contribution in [2.45, 2.75) is 33.2 Å². The SMILES string of the molecule is C=CC(=O)N1CCN(c2nc(=O)n(-c3c(C)cccc3CC)c3c2cc(F)c(-c2c(F)cccc2F)[n+]3[O-])[C@@H](C)C1. The maximum absolute atomic E-state index is 15.8.